The van der Waals surface area contributed by atoms with Crippen LogP contribution in [0.5, 0.6) is 0 Å². The van der Waals surface area contributed by atoms with Gasteiger partial charge in [-0.25, -0.2) is 4.98 Å². The van der Waals surface area contributed by atoms with E-state index in [4.69, 9.17) is 0 Å². The largest absolute Gasteiger partial charge is 0.356 e. The summed E-state index contributed by atoms with van der Waals surface area (Å²) in [5.41, 5.74) is -0.184. The van der Waals surface area contributed by atoms with Gasteiger partial charge in [-0.2, -0.15) is 0 Å². The summed E-state index contributed by atoms with van der Waals surface area (Å²) < 4.78 is 1.59. The van der Waals surface area contributed by atoms with Gasteiger partial charge in [-0.3, -0.25) is 9.59 Å². The Hall–Kier alpha value is -1.85. The van der Waals surface area contributed by atoms with Gasteiger partial charge in [-0.1, -0.05) is 6.92 Å². The lowest BCUT2D eigenvalue weighted by atomic mass is 10.4. The summed E-state index contributed by atoms with van der Waals surface area (Å²) in [6.07, 6.45) is 4.10. The highest BCUT2D eigenvalue weighted by atomic mass is 16.2. The molecule has 106 valence electrons. The molecular weight excluding hydrogens is 244 g/mol. The van der Waals surface area contributed by atoms with Crippen LogP contribution in [0.2, 0.25) is 0 Å². The Morgan fingerprint density at radius 1 is 1.37 bits per heavy atom. The van der Waals surface area contributed by atoms with E-state index in [0.717, 1.165) is 6.42 Å². The molecule has 0 fully saturated rings. The lowest BCUT2D eigenvalue weighted by Gasteiger charge is -2.18. The monoisotopic (exact) mass is 266 g/mol. The molecule has 1 aromatic heterocycles. The molecule has 0 aliphatic heterocycles. The maximum absolute atomic E-state index is 12.0. The minimum absolute atomic E-state index is 0.0305. The number of anilines is 1. The van der Waals surface area contributed by atoms with Crippen LogP contribution in [0, 0.1) is 0 Å². The van der Waals surface area contributed by atoms with Gasteiger partial charge in [0.2, 0.25) is 5.91 Å². The van der Waals surface area contributed by atoms with E-state index < -0.39 is 0 Å². The fourth-order valence-electron chi connectivity index (χ4n) is 1.83. The molecule has 0 aliphatic rings. The van der Waals surface area contributed by atoms with Gasteiger partial charge < -0.3 is 14.8 Å². The molecule has 0 saturated heterocycles. The van der Waals surface area contributed by atoms with Gasteiger partial charge in [0.1, 0.15) is 0 Å². The van der Waals surface area contributed by atoms with Gasteiger partial charge in [0.05, 0.1) is 6.54 Å². The van der Waals surface area contributed by atoms with Crippen LogP contribution in [0.15, 0.2) is 17.2 Å². The van der Waals surface area contributed by atoms with Gasteiger partial charge in [0.25, 0.3) is 5.56 Å². The third-order valence-electron chi connectivity index (χ3n) is 2.90. The standard InChI is InChI=1S/C13H22N4O2/c1-4-8-17-9-7-14-12(13(17)19)15-10-11(18)16(5-2)6-3/h7,9H,4-6,8,10H2,1-3H3,(H,14,15). The van der Waals surface area contributed by atoms with E-state index in [1.165, 1.54) is 0 Å². The molecule has 0 saturated carbocycles. The number of likely N-dealkylation sites (N-methyl/N-ethyl adjacent to an activating group) is 1. The summed E-state index contributed by atoms with van der Waals surface area (Å²) in [5, 5.41) is 2.82. The Kier molecular flexibility index (Phi) is 6.05. The Morgan fingerprint density at radius 2 is 2.05 bits per heavy atom. The topological polar surface area (TPSA) is 67.2 Å². The van der Waals surface area contributed by atoms with E-state index in [0.29, 0.717) is 19.6 Å². The van der Waals surface area contributed by atoms with Crippen LogP contribution in [0.25, 0.3) is 0 Å². The number of hydrogen-bond donors (Lipinski definition) is 1. The zero-order valence-corrected chi connectivity index (χ0v) is 11.8. The highest BCUT2D eigenvalue weighted by Crippen LogP contribution is 1.96. The number of rotatable bonds is 7. The second-order valence-electron chi connectivity index (χ2n) is 4.19. The number of carbonyl (C=O) groups is 1. The average molecular weight is 266 g/mol. The number of carbonyl (C=O) groups excluding carboxylic acids is 1. The summed E-state index contributed by atoms with van der Waals surface area (Å²) in [7, 11) is 0. The maximum Gasteiger partial charge on any atom is 0.293 e. The zero-order chi connectivity index (χ0) is 14.3. The fourth-order valence-corrected chi connectivity index (χ4v) is 1.83. The first-order valence-electron chi connectivity index (χ1n) is 6.71. The van der Waals surface area contributed by atoms with Crippen LogP contribution in [0.1, 0.15) is 27.2 Å². The number of hydrogen-bond acceptors (Lipinski definition) is 4. The first-order valence-corrected chi connectivity index (χ1v) is 6.71. The lowest BCUT2D eigenvalue weighted by molar-refractivity contribution is -0.128. The maximum atomic E-state index is 12.0. The van der Waals surface area contributed by atoms with Crippen molar-refractivity contribution in [2.75, 3.05) is 25.0 Å². The number of amides is 1. The summed E-state index contributed by atoms with van der Waals surface area (Å²) in [6.45, 7) is 7.94. The molecule has 1 rings (SSSR count). The quantitative estimate of drug-likeness (QED) is 0.797. The highest BCUT2D eigenvalue weighted by molar-refractivity contribution is 5.80. The number of aryl methyl sites for hydroxylation is 1. The summed E-state index contributed by atoms with van der Waals surface area (Å²) >= 11 is 0. The third kappa shape index (κ3) is 4.08. The van der Waals surface area contributed by atoms with Gasteiger partial charge >= 0.3 is 0 Å². The number of nitrogens with one attached hydrogen (secondary N) is 1. The van der Waals surface area contributed by atoms with Crippen molar-refractivity contribution < 1.29 is 4.79 Å². The van der Waals surface area contributed by atoms with Crippen LogP contribution in [0.3, 0.4) is 0 Å². The van der Waals surface area contributed by atoms with Crippen molar-refractivity contribution in [3.05, 3.63) is 22.7 Å². The molecule has 1 amide bonds. The molecule has 6 nitrogen and oxygen atoms in total. The number of nitrogens with zero attached hydrogens (tertiary/aromatic N) is 3. The zero-order valence-electron chi connectivity index (χ0n) is 11.8. The Balaban J connectivity index is 2.70. The predicted molar refractivity (Wildman–Crippen MR) is 75.2 cm³/mol. The van der Waals surface area contributed by atoms with Gasteiger partial charge in [0.15, 0.2) is 5.82 Å². The fraction of sp³-hybridized carbons (Fsp3) is 0.615. The molecule has 6 heteroatoms. The van der Waals surface area contributed by atoms with Crippen molar-refractivity contribution in [3.63, 3.8) is 0 Å². The molecule has 0 atom stereocenters. The molecule has 1 aromatic rings. The number of aromatic nitrogens is 2. The normalized spacial score (nSPS) is 10.3. The minimum Gasteiger partial charge on any atom is -0.356 e. The lowest BCUT2D eigenvalue weighted by Crippen LogP contribution is -2.36. The summed E-state index contributed by atoms with van der Waals surface area (Å²) in [5.74, 6) is 0.202. The van der Waals surface area contributed by atoms with Gasteiger partial charge in [0, 0.05) is 32.0 Å². The van der Waals surface area contributed by atoms with E-state index in [9.17, 15) is 9.59 Å². The van der Waals surface area contributed by atoms with Crippen LogP contribution < -0.4 is 10.9 Å². The Morgan fingerprint density at radius 3 is 2.63 bits per heavy atom. The van der Waals surface area contributed by atoms with Crippen LogP contribution >= 0.6 is 0 Å². The first-order chi connectivity index (χ1) is 9.13. The molecule has 0 unspecified atom stereocenters. The molecule has 1 N–H and O–H groups in total. The second kappa shape index (κ2) is 7.56. The summed E-state index contributed by atoms with van der Waals surface area (Å²) in [4.78, 5) is 29.5. The molecule has 0 aromatic carbocycles. The molecule has 0 radical (unpaired) electrons. The molecule has 1 heterocycles. The van der Waals surface area contributed by atoms with Crippen molar-refractivity contribution in [1.29, 1.82) is 0 Å². The highest BCUT2D eigenvalue weighted by Gasteiger charge is 2.11. The van der Waals surface area contributed by atoms with Crippen LogP contribution in [0.4, 0.5) is 5.82 Å². The average Bonchev–Trinajstić information content (AvgIpc) is 2.41. The smallest absolute Gasteiger partial charge is 0.293 e. The second-order valence-corrected chi connectivity index (χ2v) is 4.19. The predicted octanol–water partition coefficient (Wildman–Crippen LogP) is 0.934. The van der Waals surface area contributed by atoms with E-state index in [2.05, 4.69) is 10.3 Å². The van der Waals surface area contributed by atoms with Crippen molar-refractivity contribution in [3.8, 4) is 0 Å². The van der Waals surface area contributed by atoms with E-state index in [1.54, 1.807) is 21.9 Å². The SMILES string of the molecule is CCCn1ccnc(NCC(=O)N(CC)CC)c1=O. The Labute approximate surface area is 113 Å². The molecular formula is C13H22N4O2. The molecule has 0 spiro atoms. The van der Waals surface area contributed by atoms with E-state index in [-0.39, 0.29) is 23.8 Å². The van der Waals surface area contributed by atoms with Crippen LogP contribution in [-0.4, -0.2) is 40.0 Å². The minimum atomic E-state index is -0.184. The van der Waals surface area contributed by atoms with Crippen molar-refractivity contribution in [1.82, 2.24) is 14.5 Å². The summed E-state index contributed by atoms with van der Waals surface area (Å²) in [6, 6.07) is 0. The molecule has 0 aliphatic carbocycles. The van der Waals surface area contributed by atoms with Crippen LogP contribution in [-0.2, 0) is 11.3 Å². The van der Waals surface area contributed by atoms with E-state index >= 15 is 0 Å². The van der Waals surface area contributed by atoms with Gasteiger partial charge in [-0.05, 0) is 20.3 Å². The van der Waals surface area contributed by atoms with Crippen molar-refractivity contribution in [2.24, 2.45) is 0 Å². The third-order valence-corrected chi connectivity index (χ3v) is 2.90. The van der Waals surface area contributed by atoms with Crippen molar-refractivity contribution in [2.45, 2.75) is 33.7 Å². The molecule has 0 bridgehead atoms. The van der Waals surface area contributed by atoms with Crippen molar-refractivity contribution >= 4 is 11.7 Å². The van der Waals surface area contributed by atoms with E-state index in [1.807, 2.05) is 20.8 Å². The van der Waals surface area contributed by atoms with Gasteiger partial charge in [-0.15, -0.1) is 0 Å². The first kappa shape index (κ1) is 15.2. The molecule has 19 heavy (non-hydrogen) atoms. The Bertz CT molecular complexity index is 466.